The summed E-state index contributed by atoms with van der Waals surface area (Å²) in [6, 6.07) is 13.7. The zero-order valence-electron chi connectivity index (χ0n) is 18.9. The van der Waals surface area contributed by atoms with Crippen LogP contribution in [0.4, 0.5) is 0 Å². The topological polar surface area (TPSA) is 94.8 Å². The summed E-state index contributed by atoms with van der Waals surface area (Å²) in [5, 5.41) is 29.8. The van der Waals surface area contributed by atoms with Gasteiger partial charge in [-0.1, -0.05) is 48.9 Å². The normalized spacial score (nSPS) is 19.4. The van der Waals surface area contributed by atoms with Gasteiger partial charge in [0.2, 0.25) is 0 Å². The van der Waals surface area contributed by atoms with Crippen molar-refractivity contribution in [2.24, 2.45) is 0 Å². The minimum atomic E-state index is -3.47. The molecule has 0 radical (unpaired) electrons. The van der Waals surface area contributed by atoms with E-state index in [0.29, 0.717) is 30.4 Å². The van der Waals surface area contributed by atoms with E-state index in [1.165, 1.54) is 0 Å². The van der Waals surface area contributed by atoms with E-state index in [4.69, 9.17) is 0 Å². The van der Waals surface area contributed by atoms with Gasteiger partial charge in [-0.3, -0.25) is 0 Å². The highest BCUT2D eigenvalue weighted by atomic mass is 32.2. The van der Waals surface area contributed by atoms with Crippen LogP contribution in [0, 0.1) is 13.8 Å². The Hall–Kier alpha value is -2.41. The van der Waals surface area contributed by atoms with E-state index >= 15 is 0 Å². The van der Waals surface area contributed by atoms with E-state index < -0.39 is 27.8 Å². The molecule has 0 saturated carbocycles. The van der Waals surface area contributed by atoms with Gasteiger partial charge in [0.25, 0.3) is 0 Å². The van der Waals surface area contributed by atoms with Crippen LogP contribution in [-0.4, -0.2) is 47.5 Å². The molecule has 172 valence electrons. The number of hydrogen-bond donors (Lipinski definition) is 3. The van der Waals surface area contributed by atoms with Gasteiger partial charge in [0.1, 0.15) is 11.0 Å². The molecule has 0 saturated heterocycles. The van der Waals surface area contributed by atoms with Crippen molar-refractivity contribution >= 4 is 21.5 Å². The largest absolute Gasteiger partial charge is 0.507 e. The third-order valence-electron chi connectivity index (χ3n) is 6.20. The lowest BCUT2D eigenvalue weighted by Gasteiger charge is -2.20. The molecule has 32 heavy (non-hydrogen) atoms. The quantitative estimate of drug-likeness (QED) is 0.409. The smallest absolute Gasteiger partial charge is 0.163 e. The van der Waals surface area contributed by atoms with E-state index in [2.05, 4.69) is 0 Å². The van der Waals surface area contributed by atoms with Crippen LogP contribution in [0.15, 0.2) is 53.6 Å². The first-order valence-corrected chi connectivity index (χ1v) is 12.7. The molecule has 0 unspecified atom stereocenters. The van der Waals surface area contributed by atoms with Crippen molar-refractivity contribution in [3.63, 3.8) is 0 Å². The number of phenolic OH excluding ortho intramolecular Hbond substituents is 1. The molecule has 2 aromatic carbocycles. The molecule has 0 aliphatic carbocycles. The predicted molar refractivity (Wildman–Crippen MR) is 129 cm³/mol. The van der Waals surface area contributed by atoms with E-state index in [9.17, 15) is 23.7 Å². The molecule has 3 N–H and O–H groups in total. The summed E-state index contributed by atoms with van der Waals surface area (Å²) < 4.78 is 24.8. The standard InChI is InChI=1S/C26H32O5S/c1-4-20-16-32(30,31)24(15-27)25(20)23(28)11-10-22(21-8-6-5-7-9-21)14-19-12-17(2)26(29)18(3)13-19/h5-9,12-14,23-24,27-29H,4,10-11,15-16H2,1-3H3/b22-14-/t23-,24+/m1/s1. The van der Waals surface area contributed by atoms with E-state index in [1.807, 2.05) is 69.3 Å². The van der Waals surface area contributed by atoms with Crippen molar-refractivity contribution in [2.75, 3.05) is 12.4 Å². The second-order valence-corrected chi connectivity index (χ2v) is 10.7. The van der Waals surface area contributed by atoms with Gasteiger partial charge in [-0.2, -0.15) is 0 Å². The van der Waals surface area contributed by atoms with Crippen molar-refractivity contribution in [2.45, 2.75) is 51.4 Å². The van der Waals surface area contributed by atoms with Crippen molar-refractivity contribution in [1.82, 2.24) is 0 Å². The fourth-order valence-electron chi connectivity index (χ4n) is 4.49. The Labute approximate surface area is 190 Å². The lowest BCUT2D eigenvalue weighted by molar-refractivity contribution is 0.190. The molecular weight excluding hydrogens is 424 g/mol. The van der Waals surface area contributed by atoms with Crippen LogP contribution in [0.3, 0.4) is 0 Å². The van der Waals surface area contributed by atoms with Crippen LogP contribution in [0.25, 0.3) is 11.6 Å². The first-order chi connectivity index (χ1) is 15.2. The van der Waals surface area contributed by atoms with Gasteiger partial charge in [-0.05, 0) is 78.6 Å². The Kier molecular flexibility index (Phi) is 7.59. The van der Waals surface area contributed by atoms with Crippen LogP contribution >= 0.6 is 0 Å². The van der Waals surface area contributed by atoms with Gasteiger partial charge in [0.15, 0.2) is 9.84 Å². The number of aromatic hydroxyl groups is 1. The van der Waals surface area contributed by atoms with Gasteiger partial charge in [0.05, 0.1) is 18.5 Å². The molecular formula is C26H32O5S. The number of sulfone groups is 1. The summed E-state index contributed by atoms with van der Waals surface area (Å²) in [5.41, 5.74) is 5.76. The molecule has 0 bridgehead atoms. The molecule has 3 rings (SSSR count). The molecule has 1 aliphatic rings. The lowest BCUT2D eigenvalue weighted by atomic mass is 9.91. The number of aliphatic hydroxyl groups is 2. The molecule has 6 heteroatoms. The number of phenols is 1. The molecule has 0 amide bonds. The molecule has 2 atom stereocenters. The van der Waals surface area contributed by atoms with Crippen molar-refractivity contribution in [3.8, 4) is 5.75 Å². The van der Waals surface area contributed by atoms with Crippen LogP contribution in [0.1, 0.15) is 48.4 Å². The molecule has 0 fully saturated rings. The van der Waals surface area contributed by atoms with E-state index in [0.717, 1.165) is 27.8 Å². The zero-order chi connectivity index (χ0) is 23.5. The third-order valence-corrected chi connectivity index (χ3v) is 8.22. The molecule has 5 nitrogen and oxygen atoms in total. The maximum atomic E-state index is 12.4. The Morgan fingerprint density at radius 2 is 1.78 bits per heavy atom. The highest BCUT2D eigenvalue weighted by molar-refractivity contribution is 7.92. The average Bonchev–Trinajstić information content (AvgIpc) is 3.04. The second-order valence-electron chi connectivity index (χ2n) is 8.48. The number of benzene rings is 2. The lowest BCUT2D eigenvalue weighted by Crippen LogP contribution is -2.29. The van der Waals surface area contributed by atoms with Crippen LogP contribution in [0.2, 0.25) is 0 Å². The molecule has 1 heterocycles. The Bertz CT molecular complexity index is 1110. The van der Waals surface area contributed by atoms with Gasteiger partial charge in [-0.25, -0.2) is 8.42 Å². The highest BCUT2D eigenvalue weighted by Gasteiger charge is 2.40. The zero-order valence-corrected chi connectivity index (χ0v) is 19.7. The van der Waals surface area contributed by atoms with Crippen molar-refractivity contribution in [3.05, 3.63) is 75.9 Å². The van der Waals surface area contributed by atoms with Gasteiger partial charge < -0.3 is 15.3 Å². The van der Waals surface area contributed by atoms with E-state index in [1.54, 1.807) is 0 Å². The monoisotopic (exact) mass is 456 g/mol. The summed E-state index contributed by atoms with van der Waals surface area (Å²) in [6.07, 6.45) is 2.53. The minimum Gasteiger partial charge on any atom is -0.507 e. The fourth-order valence-corrected chi connectivity index (χ4v) is 6.49. The molecule has 0 spiro atoms. The maximum absolute atomic E-state index is 12.4. The van der Waals surface area contributed by atoms with Crippen molar-refractivity contribution in [1.29, 1.82) is 0 Å². The van der Waals surface area contributed by atoms with Gasteiger partial charge in [0, 0.05) is 0 Å². The average molecular weight is 457 g/mol. The first kappa shape index (κ1) is 24.2. The van der Waals surface area contributed by atoms with Crippen molar-refractivity contribution < 1.29 is 23.7 Å². The van der Waals surface area contributed by atoms with Crippen LogP contribution in [-0.2, 0) is 9.84 Å². The second kappa shape index (κ2) is 10.0. The Balaban J connectivity index is 1.92. The number of allylic oxidation sites excluding steroid dienone is 1. The molecule has 2 aromatic rings. The number of hydrogen-bond acceptors (Lipinski definition) is 5. The first-order valence-electron chi connectivity index (χ1n) is 11.0. The number of aliphatic hydroxyl groups excluding tert-OH is 2. The summed E-state index contributed by atoms with van der Waals surface area (Å²) >= 11 is 0. The Morgan fingerprint density at radius 1 is 1.16 bits per heavy atom. The maximum Gasteiger partial charge on any atom is 0.163 e. The van der Waals surface area contributed by atoms with Crippen LogP contribution in [0.5, 0.6) is 5.75 Å². The highest BCUT2D eigenvalue weighted by Crippen LogP contribution is 2.34. The number of aryl methyl sites for hydroxylation is 2. The van der Waals surface area contributed by atoms with Crippen LogP contribution < -0.4 is 0 Å². The van der Waals surface area contributed by atoms with E-state index in [-0.39, 0.29) is 11.5 Å². The Morgan fingerprint density at radius 3 is 2.34 bits per heavy atom. The summed E-state index contributed by atoms with van der Waals surface area (Å²) in [5.74, 6) is 0.199. The summed E-state index contributed by atoms with van der Waals surface area (Å²) in [6.45, 7) is 5.09. The molecule has 1 aliphatic heterocycles. The molecule has 0 aromatic heterocycles. The van der Waals surface area contributed by atoms with Gasteiger partial charge >= 0.3 is 0 Å². The summed E-state index contributed by atoms with van der Waals surface area (Å²) in [4.78, 5) is 0. The third kappa shape index (κ3) is 5.14. The predicted octanol–water partition coefficient (Wildman–Crippen LogP) is 4.19. The van der Waals surface area contributed by atoms with Gasteiger partial charge in [-0.15, -0.1) is 0 Å². The summed E-state index contributed by atoms with van der Waals surface area (Å²) in [7, 11) is -3.47. The number of rotatable bonds is 8. The SMILES string of the molecule is CCC1=C([C@H](O)CC/C(=C/c2cc(C)c(O)c(C)c2)c2ccccc2)[C@H](CO)S(=O)(=O)C1. The minimum absolute atomic E-state index is 0.0887. The fraction of sp³-hybridized carbons (Fsp3) is 0.385.